The third kappa shape index (κ3) is 2.99. The van der Waals surface area contributed by atoms with Gasteiger partial charge >= 0.3 is 5.97 Å². The topological polar surface area (TPSA) is 40.5 Å². The zero-order valence-corrected chi connectivity index (χ0v) is 9.29. The Labute approximate surface area is 80.7 Å². The molecule has 0 aliphatic carbocycles. The van der Waals surface area contributed by atoms with Gasteiger partial charge in [0.25, 0.3) is 0 Å². The van der Waals surface area contributed by atoms with Crippen LogP contribution in [0.4, 0.5) is 0 Å². The predicted molar refractivity (Wildman–Crippen MR) is 53.8 cm³/mol. The zero-order valence-electron chi connectivity index (χ0n) is 9.29. The summed E-state index contributed by atoms with van der Waals surface area (Å²) >= 11 is 0. The molecule has 3 nitrogen and oxygen atoms in total. The normalized spacial score (nSPS) is 14.6. The van der Waals surface area contributed by atoms with E-state index >= 15 is 0 Å². The molecule has 0 saturated heterocycles. The lowest BCUT2D eigenvalue weighted by molar-refractivity contribution is -0.145. The van der Waals surface area contributed by atoms with Crippen LogP contribution >= 0.6 is 0 Å². The van der Waals surface area contributed by atoms with Gasteiger partial charge in [0, 0.05) is 5.54 Å². The van der Waals surface area contributed by atoms with Crippen molar-refractivity contribution in [2.45, 2.75) is 52.1 Å². The molecule has 0 aromatic heterocycles. The van der Waals surface area contributed by atoms with Gasteiger partial charge in [-0.05, 0) is 33.7 Å². The monoisotopic (exact) mass is 187 g/mol. The van der Waals surface area contributed by atoms with Crippen LogP contribution in [0.2, 0.25) is 0 Å². The van der Waals surface area contributed by atoms with Gasteiger partial charge in [-0.1, -0.05) is 13.8 Å². The lowest BCUT2D eigenvalue weighted by atomic mass is 9.97. The first-order valence-electron chi connectivity index (χ1n) is 4.82. The number of rotatable bonds is 5. The summed E-state index contributed by atoms with van der Waals surface area (Å²) < 4.78 is 0. The van der Waals surface area contributed by atoms with Crippen molar-refractivity contribution < 1.29 is 9.90 Å². The van der Waals surface area contributed by atoms with Gasteiger partial charge in [-0.25, -0.2) is 0 Å². The van der Waals surface area contributed by atoms with Gasteiger partial charge in [-0.2, -0.15) is 0 Å². The second-order valence-corrected chi connectivity index (χ2v) is 4.04. The SMILES string of the molecule is CCC(C(=O)O)N(C)C(C)(C)CC. The largest absolute Gasteiger partial charge is 0.480 e. The molecule has 0 aromatic carbocycles. The molecule has 0 saturated carbocycles. The fraction of sp³-hybridized carbons (Fsp3) is 0.900. The predicted octanol–water partition coefficient (Wildman–Crippen LogP) is 1.97. The molecule has 0 spiro atoms. The van der Waals surface area contributed by atoms with Crippen LogP contribution in [-0.2, 0) is 4.79 Å². The Morgan fingerprint density at radius 2 is 1.92 bits per heavy atom. The fourth-order valence-corrected chi connectivity index (χ4v) is 1.29. The quantitative estimate of drug-likeness (QED) is 0.715. The molecule has 0 amide bonds. The number of aliphatic carboxylic acids is 1. The molecular weight excluding hydrogens is 166 g/mol. The molecule has 13 heavy (non-hydrogen) atoms. The van der Waals surface area contributed by atoms with Crippen LogP contribution in [0.5, 0.6) is 0 Å². The first-order valence-corrected chi connectivity index (χ1v) is 4.82. The lowest BCUT2D eigenvalue weighted by Gasteiger charge is -2.38. The van der Waals surface area contributed by atoms with E-state index in [1.165, 1.54) is 0 Å². The molecular formula is C10H21NO2. The number of hydrogen-bond donors (Lipinski definition) is 1. The Hall–Kier alpha value is -0.570. The van der Waals surface area contributed by atoms with Crippen LogP contribution in [0.15, 0.2) is 0 Å². The van der Waals surface area contributed by atoms with E-state index in [0.717, 1.165) is 6.42 Å². The third-order valence-electron chi connectivity index (χ3n) is 2.96. The highest BCUT2D eigenvalue weighted by Gasteiger charge is 2.30. The smallest absolute Gasteiger partial charge is 0.320 e. The van der Waals surface area contributed by atoms with Crippen LogP contribution < -0.4 is 0 Å². The van der Waals surface area contributed by atoms with E-state index < -0.39 is 5.97 Å². The Bertz CT molecular complexity index is 178. The average molecular weight is 187 g/mol. The summed E-state index contributed by atoms with van der Waals surface area (Å²) in [6.07, 6.45) is 1.60. The molecule has 0 radical (unpaired) electrons. The van der Waals surface area contributed by atoms with Gasteiger partial charge in [-0.3, -0.25) is 9.69 Å². The molecule has 1 atom stereocenters. The Morgan fingerprint density at radius 1 is 1.46 bits per heavy atom. The molecule has 1 unspecified atom stereocenters. The molecule has 0 heterocycles. The average Bonchev–Trinajstić information content (AvgIpc) is 2.05. The molecule has 0 rings (SSSR count). The molecule has 78 valence electrons. The number of carboxylic acid groups (broad SMARTS) is 1. The van der Waals surface area contributed by atoms with Crippen molar-refractivity contribution in [2.75, 3.05) is 7.05 Å². The standard InChI is InChI=1S/C10H21NO2/c1-6-8(9(12)13)11(5)10(3,4)7-2/h8H,6-7H2,1-5H3,(H,12,13). The molecule has 0 aromatic rings. The maximum Gasteiger partial charge on any atom is 0.320 e. The van der Waals surface area contributed by atoms with Gasteiger partial charge < -0.3 is 5.11 Å². The maximum atomic E-state index is 10.9. The Balaban J connectivity index is 4.54. The van der Waals surface area contributed by atoms with E-state index in [1.807, 2.05) is 18.9 Å². The van der Waals surface area contributed by atoms with Crippen LogP contribution in [0.1, 0.15) is 40.5 Å². The number of hydrogen-bond acceptors (Lipinski definition) is 2. The maximum absolute atomic E-state index is 10.9. The van der Waals surface area contributed by atoms with Gasteiger partial charge in [-0.15, -0.1) is 0 Å². The lowest BCUT2D eigenvalue weighted by Crippen LogP contribution is -2.50. The number of carbonyl (C=O) groups is 1. The fourth-order valence-electron chi connectivity index (χ4n) is 1.29. The molecule has 3 heteroatoms. The van der Waals surface area contributed by atoms with Crippen molar-refractivity contribution in [3.8, 4) is 0 Å². The molecule has 0 aliphatic heterocycles. The zero-order chi connectivity index (χ0) is 10.6. The van der Waals surface area contributed by atoms with Crippen molar-refractivity contribution in [1.29, 1.82) is 0 Å². The highest BCUT2D eigenvalue weighted by Crippen LogP contribution is 2.20. The van der Waals surface area contributed by atoms with E-state index in [4.69, 9.17) is 5.11 Å². The summed E-state index contributed by atoms with van der Waals surface area (Å²) in [5.41, 5.74) is -0.0426. The summed E-state index contributed by atoms with van der Waals surface area (Å²) in [4.78, 5) is 12.8. The highest BCUT2D eigenvalue weighted by molar-refractivity contribution is 5.73. The number of carboxylic acids is 1. The first-order chi connectivity index (χ1) is 5.86. The van der Waals surface area contributed by atoms with Crippen LogP contribution in [0.25, 0.3) is 0 Å². The van der Waals surface area contributed by atoms with E-state index in [0.29, 0.717) is 6.42 Å². The minimum atomic E-state index is -0.730. The molecule has 1 N–H and O–H groups in total. The van der Waals surface area contributed by atoms with Crippen molar-refractivity contribution in [3.05, 3.63) is 0 Å². The van der Waals surface area contributed by atoms with E-state index in [2.05, 4.69) is 20.8 Å². The summed E-state index contributed by atoms with van der Waals surface area (Å²) in [6.45, 7) is 8.11. The van der Waals surface area contributed by atoms with Crippen molar-refractivity contribution >= 4 is 5.97 Å². The van der Waals surface area contributed by atoms with Gasteiger partial charge in [0.1, 0.15) is 6.04 Å². The van der Waals surface area contributed by atoms with Gasteiger partial charge in [0.15, 0.2) is 0 Å². The summed E-state index contributed by atoms with van der Waals surface area (Å²) in [7, 11) is 1.88. The first kappa shape index (κ1) is 12.4. The van der Waals surface area contributed by atoms with E-state index in [-0.39, 0.29) is 11.6 Å². The Morgan fingerprint density at radius 3 is 2.15 bits per heavy atom. The van der Waals surface area contributed by atoms with Gasteiger partial charge in [0.05, 0.1) is 0 Å². The number of nitrogens with zero attached hydrogens (tertiary/aromatic N) is 1. The van der Waals surface area contributed by atoms with Crippen molar-refractivity contribution in [1.82, 2.24) is 4.90 Å². The minimum Gasteiger partial charge on any atom is -0.480 e. The van der Waals surface area contributed by atoms with Crippen LogP contribution in [0.3, 0.4) is 0 Å². The van der Waals surface area contributed by atoms with Crippen molar-refractivity contribution in [2.24, 2.45) is 0 Å². The Kier molecular flexibility index (Phi) is 4.40. The van der Waals surface area contributed by atoms with Crippen LogP contribution in [0, 0.1) is 0 Å². The summed E-state index contributed by atoms with van der Waals surface area (Å²) in [5, 5.41) is 8.96. The van der Waals surface area contributed by atoms with Gasteiger partial charge in [0.2, 0.25) is 0 Å². The van der Waals surface area contributed by atoms with E-state index in [9.17, 15) is 4.79 Å². The minimum absolute atomic E-state index is 0.0426. The van der Waals surface area contributed by atoms with E-state index in [1.54, 1.807) is 0 Å². The molecule has 0 fully saturated rings. The number of likely N-dealkylation sites (N-methyl/N-ethyl adjacent to an activating group) is 1. The van der Waals surface area contributed by atoms with Crippen LogP contribution in [-0.4, -0.2) is 34.6 Å². The molecule has 0 bridgehead atoms. The molecule has 0 aliphatic rings. The second-order valence-electron chi connectivity index (χ2n) is 4.04. The summed E-state index contributed by atoms with van der Waals surface area (Å²) in [5.74, 6) is -0.730. The second kappa shape index (κ2) is 4.61. The van der Waals surface area contributed by atoms with Crippen molar-refractivity contribution in [3.63, 3.8) is 0 Å². The summed E-state index contributed by atoms with van der Waals surface area (Å²) in [6, 6.07) is -0.366. The third-order valence-corrected chi connectivity index (χ3v) is 2.96. The highest BCUT2D eigenvalue weighted by atomic mass is 16.4.